The molecule has 0 aromatic heterocycles. The van der Waals surface area contributed by atoms with Gasteiger partial charge in [-0.25, -0.2) is 8.42 Å². The van der Waals surface area contributed by atoms with Crippen molar-refractivity contribution in [1.82, 2.24) is 9.62 Å². The van der Waals surface area contributed by atoms with Crippen LogP contribution in [0.1, 0.15) is 23.2 Å². The summed E-state index contributed by atoms with van der Waals surface area (Å²) in [6.07, 6.45) is 1.77. The Labute approximate surface area is 125 Å². The zero-order valence-electron chi connectivity index (χ0n) is 12.0. The number of hydrogen-bond donors (Lipinski definition) is 1. The van der Waals surface area contributed by atoms with Gasteiger partial charge in [-0.05, 0) is 31.0 Å². The van der Waals surface area contributed by atoms with Gasteiger partial charge in [0.15, 0.2) is 0 Å². The van der Waals surface area contributed by atoms with Crippen molar-refractivity contribution in [1.29, 1.82) is 0 Å². The van der Waals surface area contributed by atoms with E-state index in [1.807, 2.05) is 0 Å². The molecule has 0 atom stereocenters. The maximum atomic E-state index is 12.4. The van der Waals surface area contributed by atoms with E-state index in [-0.39, 0.29) is 10.8 Å². The molecule has 2 rings (SSSR count). The smallest absolute Gasteiger partial charge is 0.251 e. The van der Waals surface area contributed by atoms with E-state index in [1.165, 1.54) is 16.4 Å². The van der Waals surface area contributed by atoms with Gasteiger partial charge in [0.25, 0.3) is 5.91 Å². The maximum absolute atomic E-state index is 12.4. The molecule has 0 spiro atoms. The number of carbonyl (C=O) groups is 1. The van der Waals surface area contributed by atoms with Crippen molar-refractivity contribution in [2.24, 2.45) is 0 Å². The highest BCUT2D eigenvalue weighted by Crippen LogP contribution is 2.21. The Bertz CT molecular complexity index is 595. The topological polar surface area (TPSA) is 75.7 Å². The first-order chi connectivity index (χ1) is 10.1. The quantitative estimate of drug-likeness (QED) is 0.790. The molecule has 1 saturated heterocycles. The van der Waals surface area contributed by atoms with E-state index in [9.17, 15) is 13.2 Å². The summed E-state index contributed by atoms with van der Waals surface area (Å²) in [5.74, 6) is -0.300. The number of methoxy groups -OCH3 is 1. The number of carbonyl (C=O) groups excluding carboxylic acids is 1. The van der Waals surface area contributed by atoms with Gasteiger partial charge in [0, 0.05) is 32.3 Å². The second-order valence-electron chi connectivity index (χ2n) is 4.89. The van der Waals surface area contributed by atoms with Gasteiger partial charge in [-0.3, -0.25) is 4.79 Å². The Morgan fingerprint density at radius 3 is 2.71 bits per heavy atom. The second-order valence-corrected chi connectivity index (χ2v) is 6.83. The van der Waals surface area contributed by atoms with Crippen LogP contribution >= 0.6 is 0 Å². The zero-order chi connectivity index (χ0) is 15.3. The number of benzene rings is 1. The van der Waals surface area contributed by atoms with Crippen LogP contribution in [0.2, 0.25) is 0 Å². The zero-order valence-corrected chi connectivity index (χ0v) is 12.9. The van der Waals surface area contributed by atoms with Crippen LogP contribution in [-0.2, 0) is 14.8 Å². The summed E-state index contributed by atoms with van der Waals surface area (Å²) in [6, 6.07) is 6.15. The standard InChI is InChI=1S/C14H20N2O4S/c1-20-10-7-15-14(17)12-5-4-6-13(11-12)21(18,19)16-8-2-3-9-16/h4-6,11H,2-3,7-10H2,1H3,(H,15,17). The van der Waals surface area contributed by atoms with Crippen LogP contribution in [0.5, 0.6) is 0 Å². The van der Waals surface area contributed by atoms with Crippen molar-refractivity contribution in [2.75, 3.05) is 33.4 Å². The second kappa shape index (κ2) is 7.02. The van der Waals surface area contributed by atoms with E-state index >= 15 is 0 Å². The molecular formula is C14H20N2O4S. The van der Waals surface area contributed by atoms with Gasteiger partial charge >= 0.3 is 0 Å². The van der Waals surface area contributed by atoms with Gasteiger partial charge in [-0.1, -0.05) is 6.07 Å². The van der Waals surface area contributed by atoms with Crippen LogP contribution in [0.25, 0.3) is 0 Å². The molecule has 0 bridgehead atoms. The molecule has 1 heterocycles. The Hall–Kier alpha value is -1.44. The average Bonchev–Trinajstić information content (AvgIpc) is 3.02. The fraction of sp³-hybridized carbons (Fsp3) is 0.500. The predicted octanol–water partition coefficient (Wildman–Crippen LogP) is 0.847. The molecule has 116 valence electrons. The third kappa shape index (κ3) is 3.81. The minimum atomic E-state index is -3.49. The number of nitrogens with zero attached hydrogens (tertiary/aromatic N) is 1. The lowest BCUT2D eigenvalue weighted by Gasteiger charge is -2.16. The first-order valence-electron chi connectivity index (χ1n) is 6.93. The monoisotopic (exact) mass is 312 g/mol. The lowest BCUT2D eigenvalue weighted by Crippen LogP contribution is -2.29. The predicted molar refractivity (Wildman–Crippen MR) is 78.6 cm³/mol. The molecule has 1 aromatic carbocycles. The molecule has 7 heteroatoms. The molecule has 0 unspecified atom stereocenters. The van der Waals surface area contributed by atoms with E-state index in [4.69, 9.17) is 4.74 Å². The third-order valence-corrected chi connectivity index (χ3v) is 5.29. The van der Waals surface area contributed by atoms with Crippen molar-refractivity contribution in [3.63, 3.8) is 0 Å². The molecule has 0 radical (unpaired) electrons. The molecule has 1 N–H and O–H groups in total. The maximum Gasteiger partial charge on any atom is 0.251 e. The highest BCUT2D eigenvalue weighted by atomic mass is 32.2. The Morgan fingerprint density at radius 2 is 2.05 bits per heavy atom. The van der Waals surface area contributed by atoms with E-state index in [1.54, 1.807) is 19.2 Å². The van der Waals surface area contributed by atoms with E-state index in [2.05, 4.69) is 5.32 Å². The van der Waals surface area contributed by atoms with Crippen molar-refractivity contribution in [3.8, 4) is 0 Å². The van der Waals surface area contributed by atoms with Crippen LogP contribution in [0.15, 0.2) is 29.2 Å². The number of ether oxygens (including phenoxy) is 1. The summed E-state index contributed by atoms with van der Waals surface area (Å²) < 4.78 is 31.2. The number of rotatable bonds is 6. The Kier molecular flexibility index (Phi) is 5.33. The van der Waals surface area contributed by atoms with Gasteiger partial charge in [0.1, 0.15) is 0 Å². The van der Waals surface area contributed by atoms with Gasteiger partial charge in [0.2, 0.25) is 10.0 Å². The molecule has 21 heavy (non-hydrogen) atoms. The first-order valence-corrected chi connectivity index (χ1v) is 8.37. The summed E-state index contributed by atoms with van der Waals surface area (Å²) >= 11 is 0. The van der Waals surface area contributed by atoms with E-state index < -0.39 is 10.0 Å². The number of amides is 1. The Balaban J connectivity index is 2.15. The van der Waals surface area contributed by atoms with Crippen molar-refractivity contribution >= 4 is 15.9 Å². The number of sulfonamides is 1. The first kappa shape index (κ1) is 15.9. The third-order valence-electron chi connectivity index (χ3n) is 3.39. The SMILES string of the molecule is COCCNC(=O)c1cccc(S(=O)(=O)N2CCCC2)c1. The lowest BCUT2D eigenvalue weighted by atomic mass is 10.2. The summed E-state index contributed by atoms with van der Waals surface area (Å²) in [7, 11) is -1.94. The largest absolute Gasteiger partial charge is 0.383 e. The minimum absolute atomic E-state index is 0.170. The molecule has 0 saturated carbocycles. The lowest BCUT2D eigenvalue weighted by molar-refractivity contribution is 0.0937. The molecule has 1 aliphatic rings. The fourth-order valence-electron chi connectivity index (χ4n) is 2.24. The highest BCUT2D eigenvalue weighted by Gasteiger charge is 2.27. The summed E-state index contributed by atoms with van der Waals surface area (Å²) in [5.41, 5.74) is 0.339. The summed E-state index contributed by atoms with van der Waals surface area (Å²) in [4.78, 5) is 12.1. The van der Waals surface area contributed by atoms with E-state index in [0.29, 0.717) is 31.8 Å². The van der Waals surface area contributed by atoms with Gasteiger partial charge in [-0.2, -0.15) is 4.31 Å². The van der Waals surface area contributed by atoms with Crippen LogP contribution in [0.4, 0.5) is 0 Å². The summed E-state index contributed by atoms with van der Waals surface area (Å²) in [6.45, 7) is 1.90. The fourth-order valence-corrected chi connectivity index (χ4v) is 3.81. The van der Waals surface area contributed by atoms with Crippen molar-refractivity contribution < 1.29 is 17.9 Å². The molecule has 1 aliphatic heterocycles. The molecule has 1 amide bonds. The molecular weight excluding hydrogens is 292 g/mol. The molecule has 1 aromatic rings. The summed E-state index contributed by atoms with van der Waals surface area (Å²) in [5, 5.41) is 2.68. The van der Waals surface area contributed by atoms with Crippen LogP contribution in [0.3, 0.4) is 0 Å². The van der Waals surface area contributed by atoms with Crippen molar-refractivity contribution in [3.05, 3.63) is 29.8 Å². The van der Waals surface area contributed by atoms with Crippen LogP contribution in [0, 0.1) is 0 Å². The molecule has 6 nitrogen and oxygen atoms in total. The van der Waals surface area contributed by atoms with Crippen LogP contribution in [-0.4, -0.2) is 52.0 Å². The van der Waals surface area contributed by atoms with Crippen molar-refractivity contribution in [2.45, 2.75) is 17.7 Å². The highest BCUT2D eigenvalue weighted by molar-refractivity contribution is 7.89. The van der Waals surface area contributed by atoms with Crippen LogP contribution < -0.4 is 5.32 Å². The Morgan fingerprint density at radius 1 is 1.33 bits per heavy atom. The number of nitrogens with one attached hydrogen (secondary N) is 1. The normalized spacial score (nSPS) is 16.0. The van der Waals surface area contributed by atoms with Gasteiger partial charge in [-0.15, -0.1) is 0 Å². The average molecular weight is 312 g/mol. The molecule has 1 fully saturated rings. The van der Waals surface area contributed by atoms with E-state index in [0.717, 1.165) is 12.8 Å². The van der Waals surface area contributed by atoms with Gasteiger partial charge in [0.05, 0.1) is 11.5 Å². The van der Waals surface area contributed by atoms with Gasteiger partial charge < -0.3 is 10.1 Å². The minimum Gasteiger partial charge on any atom is -0.383 e. The number of hydrogen-bond acceptors (Lipinski definition) is 4. The molecule has 0 aliphatic carbocycles.